The van der Waals surface area contributed by atoms with E-state index in [1.54, 1.807) is 7.11 Å². The first-order valence-corrected chi connectivity index (χ1v) is 11.5. The van der Waals surface area contributed by atoms with Crippen molar-refractivity contribution in [1.82, 2.24) is 14.7 Å². The second kappa shape index (κ2) is 11.3. The minimum Gasteiger partial charge on any atom is -0.383 e. The molecule has 162 valence electrons. The second-order valence-electron chi connectivity index (χ2n) is 8.42. The molecule has 0 aliphatic carbocycles. The SMILES string of the molecule is CCN1CCCC1CN(CC1CCN(CCOC)CC1)C(=O)c1ccc(Cl)cc1. The van der Waals surface area contributed by atoms with Gasteiger partial charge in [0.15, 0.2) is 0 Å². The zero-order valence-corrected chi connectivity index (χ0v) is 18.7. The molecule has 1 unspecified atom stereocenters. The fraction of sp³-hybridized carbons (Fsp3) is 0.696. The van der Waals surface area contributed by atoms with Crippen molar-refractivity contribution in [2.75, 3.05) is 59.5 Å². The standard InChI is InChI=1S/C23H36ClN3O2/c1-3-26-12-4-5-22(26)18-27(23(28)20-6-8-21(24)9-7-20)17-19-10-13-25(14-11-19)15-16-29-2/h6-9,19,22H,3-5,10-18H2,1-2H3. The van der Waals surface area contributed by atoms with E-state index in [4.69, 9.17) is 16.3 Å². The van der Waals surface area contributed by atoms with Crippen LogP contribution < -0.4 is 0 Å². The van der Waals surface area contributed by atoms with Gasteiger partial charge >= 0.3 is 0 Å². The van der Waals surface area contributed by atoms with E-state index in [1.165, 1.54) is 12.8 Å². The van der Waals surface area contributed by atoms with Gasteiger partial charge in [-0.2, -0.15) is 0 Å². The molecule has 3 rings (SSSR count). The minimum absolute atomic E-state index is 0.145. The highest BCUT2D eigenvalue weighted by molar-refractivity contribution is 6.30. The van der Waals surface area contributed by atoms with Gasteiger partial charge < -0.3 is 14.5 Å². The molecular formula is C23H36ClN3O2. The number of likely N-dealkylation sites (tertiary alicyclic amines) is 2. The van der Waals surface area contributed by atoms with Gasteiger partial charge in [0, 0.05) is 43.4 Å². The number of methoxy groups -OCH3 is 1. The predicted molar refractivity (Wildman–Crippen MR) is 119 cm³/mol. The highest BCUT2D eigenvalue weighted by Crippen LogP contribution is 2.23. The molecule has 2 heterocycles. The van der Waals surface area contributed by atoms with Crippen LogP contribution in [-0.2, 0) is 4.74 Å². The molecule has 5 nitrogen and oxygen atoms in total. The molecule has 0 spiro atoms. The van der Waals surface area contributed by atoms with E-state index in [0.29, 0.717) is 17.0 Å². The number of carbonyl (C=O) groups excluding carboxylic acids is 1. The average Bonchev–Trinajstić information content (AvgIpc) is 3.20. The van der Waals surface area contributed by atoms with E-state index in [0.717, 1.165) is 70.8 Å². The van der Waals surface area contributed by atoms with Crippen molar-refractivity contribution in [3.8, 4) is 0 Å². The molecule has 2 saturated heterocycles. The molecule has 0 radical (unpaired) electrons. The number of nitrogens with zero attached hydrogens (tertiary/aromatic N) is 3. The van der Waals surface area contributed by atoms with Crippen LogP contribution in [-0.4, -0.2) is 86.2 Å². The molecule has 1 atom stereocenters. The fourth-order valence-electron chi connectivity index (χ4n) is 4.71. The van der Waals surface area contributed by atoms with Gasteiger partial charge in [-0.3, -0.25) is 9.69 Å². The maximum atomic E-state index is 13.4. The van der Waals surface area contributed by atoms with Gasteiger partial charge in [-0.25, -0.2) is 0 Å². The monoisotopic (exact) mass is 421 g/mol. The lowest BCUT2D eigenvalue weighted by atomic mass is 9.95. The van der Waals surface area contributed by atoms with Crippen molar-refractivity contribution in [3.05, 3.63) is 34.9 Å². The quantitative estimate of drug-likeness (QED) is 0.610. The minimum atomic E-state index is 0.145. The molecule has 0 bridgehead atoms. The van der Waals surface area contributed by atoms with Crippen molar-refractivity contribution in [1.29, 1.82) is 0 Å². The van der Waals surface area contributed by atoms with Gasteiger partial charge in [-0.15, -0.1) is 0 Å². The van der Waals surface area contributed by atoms with Crippen LogP contribution >= 0.6 is 11.6 Å². The first-order chi connectivity index (χ1) is 14.1. The Morgan fingerprint density at radius 3 is 2.52 bits per heavy atom. The Hall–Kier alpha value is -1.14. The molecule has 1 amide bonds. The smallest absolute Gasteiger partial charge is 0.253 e. The fourth-order valence-corrected chi connectivity index (χ4v) is 4.84. The van der Waals surface area contributed by atoms with E-state index in [1.807, 2.05) is 24.3 Å². The number of ether oxygens (including phenoxy) is 1. The number of piperidine rings is 1. The van der Waals surface area contributed by atoms with Crippen molar-refractivity contribution < 1.29 is 9.53 Å². The normalized spacial score (nSPS) is 21.6. The van der Waals surface area contributed by atoms with Crippen LogP contribution in [0.3, 0.4) is 0 Å². The lowest BCUT2D eigenvalue weighted by Gasteiger charge is -2.36. The topological polar surface area (TPSA) is 36.0 Å². The maximum absolute atomic E-state index is 13.4. The number of hydrogen-bond donors (Lipinski definition) is 0. The van der Waals surface area contributed by atoms with Crippen molar-refractivity contribution in [3.63, 3.8) is 0 Å². The summed E-state index contributed by atoms with van der Waals surface area (Å²) in [5.74, 6) is 0.716. The summed E-state index contributed by atoms with van der Waals surface area (Å²) in [6.07, 6.45) is 4.72. The maximum Gasteiger partial charge on any atom is 0.253 e. The van der Waals surface area contributed by atoms with Crippen LogP contribution in [0.5, 0.6) is 0 Å². The lowest BCUT2D eigenvalue weighted by Crippen LogP contribution is -2.46. The Balaban J connectivity index is 1.64. The highest BCUT2D eigenvalue weighted by Gasteiger charge is 2.30. The van der Waals surface area contributed by atoms with E-state index in [-0.39, 0.29) is 5.91 Å². The summed E-state index contributed by atoms with van der Waals surface area (Å²) in [6.45, 7) is 10.1. The zero-order valence-electron chi connectivity index (χ0n) is 18.0. The molecule has 2 aliphatic heterocycles. The summed E-state index contributed by atoms with van der Waals surface area (Å²) in [4.78, 5) is 20.5. The van der Waals surface area contributed by atoms with Crippen LogP contribution in [0.4, 0.5) is 0 Å². The van der Waals surface area contributed by atoms with Gasteiger partial charge in [-0.05, 0) is 82.0 Å². The first-order valence-electron chi connectivity index (χ1n) is 11.1. The summed E-state index contributed by atoms with van der Waals surface area (Å²) in [7, 11) is 1.76. The first kappa shape index (κ1) is 22.5. The Morgan fingerprint density at radius 2 is 1.86 bits per heavy atom. The van der Waals surface area contributed by atoms with E-state index in [9.17, 15) is 4.79 Å². The summed E-state index contributed by atoms with van der Waals surface area (Å²) in [5.41, 5.74) is 0.743. The zero-order chi connectivity index (χ0) is 20.6. The van der Waals surface area contributed by atoms with Crippen molar-refractivity contribution >= 4 is 17.5 Å². The molecule has 1 aromatic rings. The number of likely N-dealkylation sites (N-methyl/N-ethyl adjacent to an activating group) is 1. The third-order valence-corrected chi connectivity index (χ3v) is 6.76. The number of halogens is 1. The van der Waals surface area contributed by atoms with Gasteiger partial charge in [0.25, 0.3) is 5.91 Å². The Morgan fingerprint density at radius 1 is 1.14 bits per heavy atom. The molecule has 0 N–H and O–H groups in total. The molecule has 0 aromatic heterocycles. The Labute approximate surface area is 180 Å². The molecule has 0 saturated carbocycles. The number of rotatable bonds is 9. The van der Waals surface area contributed by atoms with Crippen LogP contribution in [0, 0.1) is 5.92 Å². The van der Waals surface area contributed by atoms with Gasteiger partial charge in [0.1, 0.15) is 0 Å². The van der Waals surface area contributed by atoms with Crippen molar-refractivity contribution in [2.24, 2.45) is 5.92 Å². The Kier molecular flexibility index (Phi) is 8.79. The van der Waals surface area contributed by atoms with Crippen LogP contribution in [0.2, 0.25) is 5.02 Å². The average molecular weight is 422 g/mol. The third kappa shape index (κ3) is 6.42. The van der Waals surface area contributed by atoms with Crippen LogP contribution in [0.25, 0.3) is 0 Å². The Bertz CT molecular complexity index is 632. The molecule has 1 aromatic carbocycles. The van der Waals surface area contributed by atoms with Gasteiger partial charge in [0.2, 0.25) is 0 Å². The second-order valence-corrected chi connectivity index (χ2v) is 8.86. The van der Waals surface area contributed by atoms with E-state index < -0.39 is 0 Å². The summed E-state index contributed by atoms with van der Waals surface area (Å²) in [6, 6.07) is 7.83. The van der Waals surface area contributed by atoms with Gasteiger partial charge in [0.05, 0.1) is 6.61 Å². The van der Waals surface area contributed by atoms with Crippen molar-refractivity contribution in [2.45, 2.75) is 38.6 Å². The van der Waals surface area contributed by atoms with Crippen LogP contribution in [0.15, 0.2) is 24.3 Å². The number of amides is 1. The molecule has 6 heteroatoms. The van der Waals surface area contributed by atoms with Gasteiger partial charge in [-0.1, -0.05) is 18.5 Å². The summed E-state index contributed by atoms with van der Waals surface area (Å²) < 4.78 is 5.21. The molecule has 2 fully saturated rings. The van der Waals surface area contributed by atoms with Crippen LogP contribution in [0.1, 0.15) is 43.0 Å². The molecular weight excluding hydrogens is 386 g/mol. The summed E-state index contributed by atoms with van der Waals surface area (Å²) >= 11 is 6.03. The lowest BCUT2D eigenvalue weighted by molar-refractivity contribution is 0.0616. The number of benzene rings is 1. The largest absolute Gasteiger partial charge is 0.383 e. The number of carbonyl (C=O) groups is 1. The number of hydrogen-bond acceptors (Lipinski definition) is 4. The highest BCUT2D eigenvalue weighted by atomic mass is 35.5. The third-order valence-electron chi connectivity index (χ3n) is 6.51. The predicted octanol–water partition coefficient (Wildman–Crippen LogP) is 3.62. The van der Waals surface area contributed by atoms with E-state index in [2.05, 4.69) is 21.6 Å². The molecule has 2 aliphatic rings. The molecule has 29 heavy (non-hydrogen) atoms. The summed E-state index contributed by atoms with van der Waals surface area (Å²) in [5, 5.41) is 0.671. The van der Waals surface area contributed by atoms with E-state index >= 15 is 0 Å².